The molecule has 1 aromatic heterocycles. The Kier molecular flexibility index (Phi) is 4.69. The van der Waals surface area contributed by atoms with E-state index in [4.69, 9.17) is 4.74 Å². The highest BCUT2D eigenvalue weighted by Gasteiger charge is 2.24. The van der Waals surface area contributed by atoms with Gasteiger partial charge in [-0.25, -0.2) is 4.98 Å². The quantitative estimate of drug-likeness (QED) is 0.903. The molecule has 0 saturated carbocycles. The molecule has 1 heterocycles. The first kappa shape index (κ1) is 16.0. The highest BCUT2D eigenvalue weighted by molar-refractivity contribution is 7.11. The maximum atomic E-state index is 10.2. The summed E-state index contributed by atoms with van der Waals surface area (Å²) in [6.07, 6.45) is 0.819. The first-order valence-corrected chi connectivity index (χ1v) is 8.03. The van der Waals surface area contributed by atoms with Crippen LogP contribution in [0.15, 0.2) is 18.2 Å². The molecule has 21 heavy (non-hydrogen) atoms. The fourth-order valence-electron chi connectivity index (χ4n) is 2.34. The largest absolute Gasteiger partial charge is 0.486 e. The van der Waals surface area contributed by atoms with Gasteiger partial charge in [0.15, 0.2) is 0 Å². The third-order valence-corrected chi connectivity index (χ3v) is 4.57. The zero-order valence-electron chi connectivity index (χ0n) is 13.4. The van der Waals surface area contributed by atoms with E-state index in [2.05, 4.69) is 31.8 Å². The topological polar surface area (TPSA) is 42.4 Å². The van der Waals surface area contributed by atoms with Crippen molar-refractivity contribution in [2.45, 2.75) is 53.2 Å². The monoisotopic (exact) mass is 305 g/mol. The first-order valence-electron chi connectivity index (χ1n) is 7.22. The normalized spacial score (nSPS) is 11.7. The number of rotatable bonds is 5. The van der Waals surface area contributed by atoms with Crippen LogP contribution in [0.2, 0.25) is 0 Å². The van der Waals surface area contributed by atoms with Crippen LogP contribution in [-0.4, -0.2) is 10.1 Å². The van der Waals surface area contributed by atoms with Gasteiger partial charge >= 0.3 is 0 Å². The second-order valence-electron chi connectivity index (χ2n) is 5.91. The van der Waals surface area contributed by atoms with Gasteiger partial charge in [-0.05, 0) is 57.4 Å². The molecular formula is C17H23NO2S. The number of aryl methyl sites for hydroxylation is 3. The minimum atomic E-state index is -0.846. The molecule has 0 bridgehead atoms. The second kappa shape index (κ2) is 6.16. The molecular weight excluding hydrogens is 282 g/mol. The van der Waals surface area contributed by atoms with Crippen LogP contribution in [0.25, 0.3) is 0 Å². The fourth-order valence-corrected chi connectivity index (χ4v) is 3.41. The second-order valence-corrected chi connectivity index (χ2v) is 6.99. The molecule has 3 nitrogen and oxygen atoms in total. The van der Waals surface area contributed by atoms with E-state index in [0.29, 0.717) is 6.61 Å². The average molecular weight is 305 g/mol. The van der Waals surface area contributed by atoms with Crippen LogP contribution in [0.1, 0.15) is 47.5 Å². The Balaban J connectivity index is 2.15. The lowest BCUT2D eigenvalue weighted by atomic mass is 10.1. The van der Waals surface area contributed by atoms with Crippen LogP contribution in [0.3, 0.4) is 0 Å². The average Bonchev–Trinajstić information content (AvgIpc) is 2.78. The Hall–Kier alpha value is -1.39. The Labute approximate surface area is 130 Å². The van der Waals surface area contributed by atoms with Gasteiger partial charge in [0.25, 0.3) is 0 Å². The van der Waals surface area contributed by atoms with Gasteiger partial charge in [-0.2, -0.15) is 0 Å². The summed E-state index contributed by atoms with van der Waals surface area (Å²) in [5, 5.41) is 11.1. The fraction of sp³-hybridized carbons (Fsp3) is 0.471. The van der Waals surface area contributed by atoms with Gasteiger partial charge in [0, 0.05) is 0 Å². The summed E-state index contributed by atoms with van der Waals surface area (Å²) in [5.41, 5.74) is 2.50. The van der Waals surface area contributed by atoms with Crippen molar-refractivity contribution in [3.63, 3.8) is 0 Å². The molecule has 1 aromatic carbocycles. The van der Waals surface area contributed by atoms with Crippen LogP contribution >= 0.6 is 11.3 Å². The highest BCUT2D eigenvalue weighted by atomic mass is 32.1. The Morgan fingerprint density at radius 2 is 1.81 bits per heavy atom. The molecule has 0 saturated heterocycles. The molecule has 2 aromatic rings. The van der Waals surface area contributed by atoms with E-state index in [-0.39, 0.29) is 0 Å². The van der Waals surface area contributed by atoms with Gasteiger partial charge in [0.1, 0.15) is 17.4 Å². The zero-order chi connectivity index (χ0) is 15.6. The van der Waals surface area contributed by atoms with E-state index in [0.717, 1.165) is 27.7 Å². The van der Waals surface area contributed by atoms with Gasteiger partial charge in [-0.3, -0.25) is 0 Å². The summed E-state index contributed by atoms with van der Waals surface area (Å²) in [6, 6.07) is 6.17. The van der Waals surface area contributed by atoms with Crippen LogP contribution in [0.5, 0.6) is 5.75 Å². The molecule has 1 N–H and O–H groups in total. The van der Waals surface area contributed by atoms with E-state index in [1.807, 2.05) is 12.1 Å². The van der Waals surface area contributed by atoms with E-state index in [1.165, 1.54) is 22.5 Å². The van der Waals surface area contributed by atoms with Gasteiger partial charge in [-0.15, -0.1) is 11.3 Å². The number of aromatic nitrogens is 1. The number of thiazole rings is 1. The summed E-state index contributed by atoms with van der Waals surface area (Å²) >= 11 is 1.53. The summed E-state index contributed by atoms with van der Waals surface area (Å²) in [4.78, 5) is 5.52. The third-order valence-electron chi connectivity index (χ3n) is 3.19. The van der Waals surface area contributed by atoms with Crippen molar-refractivity contribution in [1.82, 2.24) is 4.98 Å². The Morgan fingerprint density at radius 1 is 1.19 bits per heavy atom. The molecule has 0 amide bonds. The molecule has 0 spiro atoms. The maximum Gasteiger partial charge on any atom is 0.140 e. The lowest BCUT2D eigenvalue weighted by molar-refractivity contribution is 0.0814. The van der Waals surface area contributed by atoms with Crippen LogP contribution in [0.4, 0.5) is 0 Å². The van der Waals surface area contributed by atoms with Crippen molar-refractivity contribution < 1.29 is 9.84 Å². The molecule has 0 aliphatic rings. The van der Waals surface area contributed by atoms with Crippen LogP contribution in [0, 0.1) is 13.8 Å². The number of hydrogen-bond acceptors (Lipinski definition) is 4. The van der Waals surface area contributed by atoms with Gasteiger partial charge in [0.05, 0.1) is 16.2 Å². The Bertz CT molecular complexity index is 606. The van der Waals surface area contributed by atoms with Gasteiger partial charge < -0.3 is 9.84 Å². The summed E-state index contributed by atoms with van der Waals surface area (Å²) in [6.45, 7) is 10.2. The number of hydrogen-bond donors (Lipinski definition) is 1. The van der Waals surface area contributed by atoms with E-state index in [1.54, 1.807) is 13.8 Å². The van der Waals surface area contributed by atoms with Crippen LogP contribution < -0.4 is 4.74 Å². The zero-order valence-corrected chi connectivity index (χ0v) is 14.2. The molecule has 0 aliphatic heterocycles. The summed E-state index contributed by atoms with van der Waals surface area (Å²) in [7, 11) is 0. The lowest BCUT2D eigenvalue weighted by Crippen LogP contribution is -2.15. The molecule has 114 valence electrons. The third kappa shape index (κ3) is 4.05. The van der Waals surface area contributed by atoms with Gasteiger partial charge in [-0.1, -0.05) is 13.0 Å². The van der Waals surface area contributed by atoms with E-state index in [9.17, 15) is 5.11 Å². The molecule has 0 radical (unpaired) electrons. The summed E-state index contributed by atoms with van der Waals surface area (Å²) < 4.78 is 5.85. The van der Waals surface area contributed by atoms with Crippen LogP contribution in [-0.2, 0) is 18.6 Å². The number of nitrogens with zero attached hydrogens (tertiary/aromatic N) is 1. The molecule has 0 unspecified atom stereocenters. The van der Waals surface area contributed by atoms with Gasteiger partial charge in [0.2, 0.25) is 0 Å². The predicted molar refractivity (Wildman–Crippen MR) is 87.0 cm³/mol. The SMILES string of the molecule is CCc1nc(COc2cc(C)cc(C)c2)sc1C(C)(C)O. The van der Waals surface area contributed by atoms with Crippen molar-refractivity contribution in [3.05, 3.63) is 44.9 Å². The molecule has 2 rings (SSSR count). The summed E-state index contributed by atoms with van der Waals surface area (Å²) in [5.74, 6) is 0.866. The maximum absolute atomic E-state index is 10.2. The number of ether oxygens (including phenoxy) is 1. The molecule has 0 aliphatic carbocycles. The standard InChI is InChI=1S/C17H23NO2S/c1-6-14-16(17(4,5)19)21-15(18-14)10-20-13-8-11(2)7-12(3)9-13/h7-9,19H,6,10H2,1-5H3. The minimum absolute atomic E-state index is 0.441. The molecule has 0 fully saturated rings. The van der Waals surface area contributed by atoms with Crippen molar-refractivity contribution in [2.24, 2.45) is 0 Å². The van der Waals surface area contributed by atoms with Crippen molar-refractivity contribution in [1.29, 1.82) is 0 Å². The number of aliphatic hydroxyl groups is 1. The molecule has 4 heteroatoms. The van der Waals surface area contributed by atoms with Crippen molar-refractivity contribution in [3.8, 4) is 5.75 Å². The first-order chi connectivity index (χ1) is 9.79. The van der Waals surface area contributed by atoms with Crippen molar-refractivity contribution in [2.75, 3.05) is 0 Å². The number of benzene rings is 1. The minimum Gasteiger partial charge on any atom is -0.486 e. The Morgan fingerprint density at radius 3 is 2.29 bits per heavy atom. The van der Waals surface area contributed by atoms with E-state index < -0.39 is 5.60 Å². The lowest BCUT2D eigenvalue weighted by Gasteiger charge is -2.15. The highest BCUT2D eigenvalue weighted by Crippen LogP contribution is 2.31. The van der Waals surface area contributed by atoms with E-state index >= 15 is 0 Å². The van der Waals surface area contributed by atoms with Crippen molar-refractivity contribution >= 4 is 11.3 Å². The predicted octanol–water partition coefficient (Wildman–Crippen LogP) is 4.13. The smallest absolute Gasteiger partial charge is 0.140 e. The molecule has 0 atom stereocenters.